The fourth-order valence-corrected chi connectivity index (χ4v) is 66.9. The topological polar surface area (TPSA) is 463 Å². The Kier molecular flexibility index (Phi) is 27.8. The summed E-state index contributed by atoms with van der Waals surface area (Å²) < 4.78 is 97.9. The van der Waals surface area contributed by atoms with Crippen LogP contribution in [0, 0.1) is 0 Å². The van der Waals surface area contributed by atoms with Gasteiger partial charge in [-0.2, -0.15) is 0 Å². The zero-order chi connectivity index (χ0) is 77.7. The molecule has 6 saturated heterocycles. The first kappa shape index (κ1) is 83.4. The van der Waals surface area contributed by atoms with Crippen LogP contribution in [0.25, 0.3) is 33.4 Å². The van der Waals surface area contributed by atoms with Gasteiger partial charge in [-0.15, -0.1) is 11.8 Å². The van der Waals surface area contributed by atoms with Gasteiger partial charge in [-0.1, -0.05) is 97.1 Å². The number of carbonyl (C=O) groups is 3. The number of anilines is 1. The van der Waals surface area contributed by atoms with E-state index in [9.17, 15) is 24.6 Å². The lowest BCUT2D eigenvalue weighted by Crippen LogP contribution is -2.88. The number of carboxylic acids is 1. The molecule has 7 heterocycles. The Morgan fingerprint density at radius 1 is 0.473 bits per heavy atom. The molecule has 7 aliphatic heterocycles. The number of nitrogens with two attached hydrogens (primary N) is 7. The average molecular weight is 1690 g/mol. The predicted octanol–water partition coefficient (Wildman–Crippen LogP) is 6.58. The number of thiocarbonyl (C=S) groups is 1. The van der Waals surface area contributed by atoms with Gasteiger partial charge in [0.1, 0.15) is 23.1 Å². The Bertz CT molecular complexity index is 4130. The predicted molar refractivity (Wildman–Crippen MR) is 436 cm³/mol. The molecule has 0 aromatic heterocycles. The molecule has 8 aliphatic rings. The number of benzene rings is 6. The molecule has 0 radical (unpaired) electrons. The standard InChI is InChI=1S/C70H99N11O19S2Si8/c71-31-10-40-103-89-104(41-11-32-72)92-107(44-14-35-75)94-105(90-103,42-12-33-73)96-109(46-16-37-77)97-106(91-103,43-13-34-74)95-108(93-104,45-15-36-76)99-110(98-107,100-109)47-17-38-78-67(85)62(51-102-70(52-18-4-1-5-19-52,53-20-6-2-7-21-53)54-22-8-3-9-23-54)81-65(84)30-39-79-69(101)80-55-24-27-58(61(48-55)68(86)87)66-59-28-25-56(82)49-63(59)88-64-50-57(83)26-29-60(64)66/h1-9,18-29,48-50,62,82H,10-17,30-47,51,71-77H2,(H,78,85)(H,81,84)(H,86,87)(H2,79,80,101)/t62-,103?,104?,105?,106?,107?,108?,109?,110?/m0/s1. The normalized spacial score (nSPS) is 25.8. The molecule has 30 nitrogen and oxygen atoms in total. The lowest BCUT2D eigenvalue weighted by molar-refractivity contribution is -0.128. The van der Waals surface area contributed by atoms with Gasteiger partial charge in [0.05, 0.1) is 10.3 Å². The van der Waals surface area contributed by atoms with Crippen LogP contribution in [-0.2, 0) is 63.7 Å². The first-order valence-corrected chi connectivity index (χ1v) is 54.3. The summed E-state index contributed by atoms with van der Waals surface area (Å²) in [5, 5.41) is 34.0. The van der Waals surface area contributed by atoms with Gasteiger partial charge in [0.15, 0.2) is 10.5 Å². The van der Waals surface area contributed by atoms with Crippen molar-refractivity contribution >= 4 is 134 Å². The van der Waals surface area contributed by atoms with Gasteiger partial charge >= 0.3 is 76.4 Å². The van der Waals surface area contributed by atoms with Crippen LogP contribution in [0.4, 0.5) is 5.69 Å². The van der Waals surface area contributed by atoms with Crippen LogP contribution >= 0.6 is 24.0 Å². The molecule has 0 unspecified atom stereocenters. The molecule has 1 aliphatic carbocycles. The van der Waals surface area contributed by atoms with Gasteiger partial charge in [0.25, 0.3) is 0 Å². The van der Waals surface area contributed by atoms with Crippen molar-refractivity contribution < 1.29 is 78.4 Å². The maximum absolute atomic E-state index is 15.5. The van der Waals surface area contributed by atoms with Crippen LogP contribution in [0.15, 0.2) is 155 Å². The number of hydrogen-bond acceptors (Lipinski definition) is 27. The fourth-order valence-electron chi connectivity index (χ4n) is 14.5. The third-order valence-corrected chi connectivity index (χ3v) is 58.7. The van der Waals surface area contributed by atoms with Crippen LogP contribution in [0.3, 0.4) is 0 Å². The second kappa shape index (κ2) is 36.7. The summed E-state index contributed by atoms with van der Waals surface area (Å²) in [4.78, 5) is 55.8. The summed E-state index contributed by atoms with van der Waals surface area (Å²) in [5.41, 5.74) is 49.0. The van der Waals surface area contributed by atoms with Crippen molar-refractivity contribution in [3.05, 3.63) is 178 Å². The molecule has 2 amide bonds. The van der Waals surface area contributed by atoms with Gasteiger partial charge in [0.2, 0.25) is 11.8 Å². The van der Waals surface area contributed by atoms with Gasteiger partial charge in [-0.3, -0.25) is 14.4 Å². The minimum Gasteiger partial charge on any atom is -0.508 e. The first-order chi connectivity index (χ1) is 53.1. The van der Waals surface area contributed by atoms with E-state index < -0.39 is 99.0 Å². The van der Waals surface area contributed by atoms with E-state index in [1.54, 1.807) is 24.3 Å². The smallest absolute Gasteiger partial charge is 0.478 e. The van der Waals surface area contributed by atoms with Crippen molar-refractivity contribution in [1.29, 1.82) is 0 Å². The molecule has 40 heteroatoms. The Labute approximate surface area is 657 Å². The zero-order valence-corrected chi connectivity index (χ0v) is 70.9. The molecule has 6 fully saturated rings. The molecule has 8 bridgehead atoms. The third kappa shape index (κ3) is 19.0. The van der Waals surface area contributed by atoms with E-state index in [2.05, 4.69) is 57.7 Å². The highest BCUT2D eigenvalue weighted by atomic mass is 32.2. The van der Waals surface area contributed by atoms with Gasteiger partial charge in [-0.25, -0.2) is 4.79 Å². The van der Waals surface area contributed by atoms with Crippen LogP contribution in [-0.4, -0.2) is 174 Å². The molecular weight excluding hydrogens is 1590 g/mol. The zero-order valence-electron chi connectivity index (χ0n) is 61.2. The second-order valence-electron chi connectivity index (χ2n) is 27.6. The Hall–Kier alpha value is -5.98. The minimum atomic E-state index is -4.59. The number of carboxylic acid groups (broad SMARTS) is 1. The minimum absolute atomic E-state index is 0.0142. The van der Waals surface area contributed by atoms with Crippen molar-refractivity contribution in [3.8, 4) is 28.2 Å². The number of thioether (sulfide) groups is 1. The highest BCUT2D eigenvalue weighted by molar-refractivity contribution is 8.00. The van der Waals surface area contributed by atoms with Crippen molar-refractivity contribution in [2.24, 2.45) is 40.1 Å². The monoisotopic (exact) mass is 1690 g/mol. The van der Waals surface area contributed by atoms with E-state index in [-0.39, 0.29) is 159 Å². The van der Waals surface area contributed by atoms with Crippen LogP contribution in [0.2, 0.25) is 48.4 Å². The maximum atomic E-state index is 15.5. The number of aromatic carboxylic acids is 1. The Balaban J connectivity index is 0.856. The van der Waals surface area contributed by atoms with E-state index in [4.69, 9.17) is 106 Å². The van der Waals surface area contributed by atoms with Gasteiger partial charge < -0.3 is 125 Å². The number of nitrogens with one attached hydrogen (secondary N) is 4. The van der Waals surface area contributed by atoms with Crippen LogP contribution in [0.1, 0.15) is 84.8 Å². The van der Waals surface area contributed by atoms with Crippen molar-refractivity contribution in [2.75, 3.05) is 70.0 Å². The number of amides is 2. The molecule has 5 aromatic rings. The fraction of sp³-hybridized carbons (Fsp3) is 0.414. The molecule has 110 heavy (non-hydrogen) atoms. The lowest BCUT2D eigenvalue weighted by Gasteiger charge is -2.63. The number of phenols is 1. The van der Waals surface area contributed by atoms with Crippen molar-refractivity contribution in [3.63, 3.8) is 0 Å². The first-order valence-electron chi connectivity index (χ1n) is 37.4. The molecule has 0 saturated carbocycles. The maximum Gasteiger partial charge on any atom is 0.478 e. The number of fused-ring (bicyclic) bond motifs is 2. The number of phenolic OH excluding ortho intramolecular Hbond substituents is 1. The van der Waals surface area contributed by atoms with Crippen molar-refractivity contribution in [1.82, 2.24) is 16.0 Å². The van der Waals surface area contributed by atoms with E-state index in [0.717, 1.165) is 16.7 Å². The molecular formula is C70H99N11O19S2Si8. The summed E-state index contributed by atoms with van der Waals surface area (Å²) in [7, 11) is -35.1. The van der Waals surface area contributed by atoms with Crippen molar-refractivity contribution in [2.45, 2.75) is 117 Å². The van der Waals surface area contributed by atoms with E-state index in [1.807, 2.05) is 54.6 Å². The van der Waals surface area contributed by atoms with Crippen LogP contribution < -0.4 is 66.8 Å². The summed E-state index contributed by atoms with van der Waals surface area (Å²) >= 11 is 7.24. The summed E-state index contributed by atoms with van der Waals surface area (Å²) in [6.07, 6.45) is 2.51. The number of hydrogen-bond donors (Lipinski definition) is 13. The molecule has 592 valence electrons. The molecule has 20 N–H and O–H groups in total. The highest BCUT2D eigenvalue weighted by Gasteiger charge is 2.83. The molecule has 13 rings (SSSR count). The SMILES string of the molecule is NCCC[Si]12O[Si]3(CCCN)O[Si]4(CCCN)O[Si](CCCN)(O1)O[Si]1(CCCN)O[Si](CCCN)(O2)O[Si](CCCN)(O3)O[Si](CCCNC(=O)[C@H](CSC(c2ccccc2)(c2ccccc2)c2ccccc2)NC(=O)CCNC(=S)Nc2ccc(-c3c5ccc(=O)cc-5oc5cc(O)ccc35)c(C(=O)O)c2)(O4)O1. The van der Waals surface area contributed by atoms with E-state index in [0.29, 0.717) is 72.7 Å². The highest BCUT2D eigenvalue weighted by Crippen LogP contribution is 2.56. The molecule has 5 aromatic carbocycles. The molecule has 0 spiro atoms. The Morgan fingerprint density at radius 2 is 0.873 bits per heavy atom. The summed E-state index contributed by atoms with van der Waals surface area (Å²) in [6, 6.07) is 43.2. The second-order valence-corrected chi connectivity index (χ2v) is 53.9. The lowest BCUT2D eigenvalue weighted by atomic mass is 9.84. The Morgan fingerprint density at radius 3 is 1.27 bits per heavy atom. The van der Waals surface area contributed by atoms with Gasteiger partial charge in [-0.05, 0) is 168 Å². The number of rotatable bonds is 39. The summed E-state index contributed by atoms with van der Waals surface area (Å²) in [6.45, 7) is 1.51. The van der Waals surface area contributed by atoms with Gasteiger partial charge in [0, 0.05) is 108 Å². The number of aromatic hydroxyl groups is 1. The summed E-state index contributed by atoms with van der Waals surface area (Å²) in [5.74, 6) is -2.09. The quantitative estimate of drug-likeness (QED) is 0.00636. The van der Waals surface area contributed by atoms with Crippen LogP contribution in [0.5, 0.6) is 5.75 Å². The molecule has 1 atom stereocenters. The van der Waals surface area contributed by atoms with E-state index >= 15 is 4.79 Å². The largest absolute Gasteiger partial charge is 0.508 e. The third-order valence-electron chi connectivity index (χ3n) is 19.3. The average Bonchev–Trinajstić information content (AvgIpc) is 0.686. The number of carbonyl (C=O) groups excluding carboxylic acids is 2. The van der Waals surface area contributed by atoms with E-state index in [1.165, 1.54) is 42.1 Å².